The van der Waals surface area contributed by atoms with E-state index in [9.17, 15) is 17.6 Å². The number of sulfonamides is 1. The molecule has 4 rings (SSSR count). The summed E-state index contributed by atoms with van der Waals surface area (Å²) in [5.41, 5.74) is 3.60. The molecule has 0 N–H and O–H groups in total. The van der Waals surface area contributed by atoms with Gasteiger partial charge in [0.25, 0.3) is 0 Å². The third kappa shape index (κ3) is 6.84. The van der Waals surface area contributed by atoms with Gasteiger partial charge in [-0.2, -0.15) is 4.31 Å². The molecule has 7 heteroatoms. The number of amides is 1. The molecule has 37 heavy (non-hydrogen) atoms. The molecule has 5 nitrogen and oxygen atoms in total. The SMILES string of the molecule is Cc1ccc(CN(C=O)C2CCC(CN(Cc3ccccc3)S(=O)(=O)c3ccc(F)cc3C)CC2)cc1. The van der Waals surface area contributed by atoms with Crippen LogP contribution in [-0.2, 0) is 27.9 Å². The van der Waals surface area contributed by atoms with Gasteiger partial charge in [-0.3, -0.25) is 4.79 Å². The van der Waals surface area contributed by atoms with E-state index in [0.29, 0.717) is 18.7 Å². The molecule has 0 radical (unpaired) electrons. The molecule has 1 amide bonds. The summed E-state index contributed by atoms with van der Waals surface area (Å²) in [5, 5.41) is 0. The Labute approximate surface area is 220 Å². The number of benzene rings is 3. The van der Waals surface area contributed by atoms with E-state index in [2.05, 4.69) is 24.3 Å². The molecule has 3 aromatic carbocycles. The molecule has 0 saturated heterocycles. The molecule has 0 bridgehead atoms. The van der Waals surface area contributed by atoms with Crippen molar-refractivity contribution in [3.63, 3.8) is 0 Å². The first-order chi connectivity index (χ1) is 17.8. The van der Waals surface area contributed by atoms with Crippen molar-refractivity contribution in [2.45, 2.75) is 63.6 Å². The summed E-state index contributed by atoms with van der Waals surface area (Å²) in [6.45, 7) is 4.90. The van der Waals surface area contributed by atoms with Gasteiger partial charge in [0, 0.05) is 25.7 Å². The Balaban J connectivity index is 1.46. The number of aryl methyl sites for hydroxylation is 2. The van der Waals surface area contributed by atoms with Gasteiger partial charge in [-0.25, -0.2) is 12.8 Å². The van der Waals surface area contributed by atoms with Crippen LogP contribution in [0.1, 0.15) is 47.9 Å². The van der Waals surface area contributed by atoms with Gasteiger partial charge in [0.1, 0.15) is 5.82 Å². The molecule has 196 valence electrons. The van der Waals surface area contributed by atoms with Gasteiger partial charge in [-0.05, 0) is 80.3 Å². The van der Waals surface area contributed by atoms with Gasteiger partial charge >= 0.3 is 0 Å². The van der Waals surface area contributed by atoms with Crippen molar-refractivity contribution in [2.75, 3.05) is 6.54 Å². The van der Waals surface area contributed by atoms with Crippen LogP contribution in [0.15, 0.2) is 77.7 Å². The molecule has 0 heterocycles. The van der Waals surface area contributed by atoms with Gasteiger partial charge in [-0.1, -0.05) is 60.2 Å². The molecule has 1 saturated carbocycles. The van der Waals surface area contributed by atoms with Crippen LogP contribution in [0.5, 0.6) is 0 Å². The second-order valence-corrected chi connectivity index (χ2v) is 12.0. The molecule has 0 unspecified atom stereocenters. The van der Waals surface area contributed by atoms with Crippen LogP contribution in [0, 0.1) is 25.6 Å². The molecule has 1 fully saturated rings. The first-order valence-electron chi connectivity index (χ1n) is 12.8. The molecular weight excluding hydrogens is 487 g/mol. The number of hydrogen-bond donors (Lipinski definition) is 0. The minimum absolute atomic E-state index is 0.142. The van der Waals surface area contributed by atoms with E-state index < -0.39 is 15.8 Å². The summed E-state index contributed by atoms with van der Waals surface area (Å²) < 4.78 is 42.7. The second-order valence-electron chi connectivity index (χ2n) is 10.1. The average molecular weight is 523 g/mol. The predicted octanol–water partition coefficient (Wildman–Crippen LogP) is 5.85. The number of carbonyl (C=O) groups is 1. The molecule has 1 aliphatic carbocycles. The molecule has 0 spiro atoms. The lowest BCUT2D eigenvalue weighted by molar-refractivity contribution is -0.121. The number of carbonyl (C=O) groups excluding carboxylic acids is 1. The van der Waals surface area contributed by atoms with Crippen molar-refractivity contribution in [2.24, 2.45) is 5.92 Å². The van der Waals surface area contributed by atoms with Crippen molar-refractivity contribution in [3.05, 3.63) is 101 Å². The summed E-state index contributed by atoms with van der Waals surface area (Å²) >= 11 is 0. The minimum atomic E-state index is -3.82. The fourth-order valence-electron chi connectivity index (χ4n) is 5.18. The van der Waals surface area contributed by atoms with Crippen LogP contribution in [0.2, 0.25) is 0 Å². The van der Waals surface area contributed by atoms with Crippen molar-refractivity contribution in [1.82, 2.24) is 9.21 Å². The molecule has 0 aliphatic heterocycles. The van der Waals surface area contributed by atoms with E-state index in [1.807, 2.05) is 42.2 Å². The lowest BCUT2D eigenvalue weighted by Crippen LogP contribution is -2.40. The Morgan fingerprint density at radius 1 is 0.865 bits per heavy atom. The van der Waals surface area contributed by atoms with Crippen LogP contribution in [-0.4, -0.2) is 36.6 Å². The monoisotopic (exact) mass is 522 g/mol. The second kappa shape index (κ2) is 12.0. The van der Waals surface area contributed by atoms with Crippen molar-refractivity contribution >= 4 is 16.4 Å². The number of rotatable bonds is 10. The number of halogens is 1. The Hall–Kier alpha value is -3.03. The van der Waals surface area contributed by atoms with Gasteiger partial charge in [0.15, 0.2) is 0 Å². The standard InChI is InChI=1S/C30H35FN2O3S/c1-23-8-10-26(11-9-23)19-32(22-34)29-15-12-27(13-16-29)21-33(20-25-6-4-3-5-7-25)37(35,36)30-17-14-28(31)18-24(30)2/h3-11,14,17-18,22,27,29H,12-13,15-16,19-21H2,1-2H3. The van der Waals surface area contributed by atoms with E-state index >= 15 is 0 Å². The molecule has 0 aromatic heterocycles. The van der Waals surface area contributed by atoms with Gasteiger partial charge < -0.3 is 4.90 Å². The van der Waals surface area contributed by atoms with E-state index in [0.717, 1.165) is 43.2 Å². The minimum Gasteiger partial charge on any atom is -0.338 e. The van der Waals surface area contributed by atoms with Crippen LogP contribution < -0.4 is 0 Å². The zero-order valence-electron chi connectivity index (χ0n) is 21.5. The van der Waals surface area contributed by atoms with Crippen molar-refractivity contribution < 1.29 is 17.6 Å². The number of nitrogens with zero attached hydrogens (tertiary/aromatic N) is 2. The van der Waals surface area contributed by atoms with Crippen LogP contribution >= 0.6 is 0 Å². The maximum absolute atomic E-state index is 13.7. The highest BCUT2D eigenvalue weighted by atomic mass is 32.2. The topological polar surface area (TPSA) is 57.7 Å². The van der Waals surface area contributed by atoms with Crippen molar-refractivity contribution in [1.29, 1.82) is 0 Å². The first-order valence-corrected chi connectivity index (χ1v) is 14.3. The first kappa shape index (κ1) is 27.0. The summed E-state index contributed by atoms with van der Waals surface area (Å²) in [5.74, 6) is -0.266. The zero-order valence-corrected chi connectivity index (χ0v) is 22.3. The fourth-order valence-corrected chi connectivity index (χ4v) is 6.89. The fraction of sp³-hybridized carbons (Fsp3) is 0.367. The number of hydrogen-bond acceptors (Lipinski definition) is 3. The highest BCUT2D eigenvalue weighted by Gasteiger charge is 2.32. The van der Waals surface area contributed by atoms with E-state index in [4.69, 9.17) is 0 Å². The molecule has 3 aromatic rings. The largest absolute Gasteiger partial charge is 0.338 e. The Morgan fingerprint density at radius 2 is 1.51 bits per heavy atom. The highest BCUT2D eigenvalue weighted by molar-refractivity contribution is 7.89. The quantitative estimate of drug-likeness (QED) is 0.314. The maximum atomic E-state index is 13.7. The van der Waals surface area contributed by atoms with Crippen LogP contribution in [0.3, 0.4) is 0 Å². The Bertz CT molecular complexity index is 1290. The van der Waals surface area contributed by atoms with Gasteiger partial charge in [0.2, 0.25) is 16.4 Å². The van der Waals surface area contributed by atoms with Crippen molar-refractivity contribution in [3.8, 4) is 0 Å². The maximum Gasteiger partial charge on any atom is 0.243 e. The smallest absolute Gasteiger partial charge is 0.243 e. The van der Waals surface area contributed by atoms with E-state index in [-0.39, 0.29) is 23.4 Å². The molecular formula is C30H35FN2O3S. The van der Waals surface area contributed by atoms with Crippen LogP contribution in [0.4, 0.5) is 4.39 Å². The van der Waals surface area contributed by atoms with E-state index in [1.54, 1.807) is 6.92 Å². The van der Waals surface area contributed by atoms with E-state index in [1.165, 1.54) is 28.1 Å². The predicted molar refractivity (Wildman–Crippen MR) is 144 cm³/mol. The van der Waals surface area contributed by atoms with Crippen LogP contribution in [0.25, 0.3) is 0 Å². The third-order valence-electron chi connectivity index (χ3n) is 7.32. The highest BCUT2D eigenvalue weighted by Crippen LogP contribution is 2.31. The third-order valence-corrected chi connectivity index (χ3v) is 9.30. The summed E-state index contributed by atoms with van der Waals surface area (Å²) in [7, 11) is -3.82. The lowest BCUT2D eigenvalue weighted by atomic mass is 9.85. The van der Waals surface area contributed by atoms with Gasteiger partial charge in [0.05, 0.1) is 4.90 Å². The summed E-state index contributed by atoms with van der Waals surface area (Å²) in [4.78, 5) is 13.9. The average Bonchev–Trinajstić information content (AvgIpc) is 2.89. The lowest BCUT2D eigenvalue weighted by Gasteiger charge is -2.36. The Morgan fingerprint density at radius 3 is 2.14 bits per heavy atom. The molecule has 0 atom stereocenters. The zero-order chi connectivity index (χ0) is 26.4. The summed E-state index contributed by atoms with van der Waals surface area (Å²) in [6.07, 6.45) is 4.29. The van der Waals surface area contributed by atoms with Gasteiger partial charge in [-0.15, -0.1) is 0 Å². The molecule has 1 aliphatic rings. The Kier molecular flexibility index (Phi) is 8.77. The normalized spacial score (nSPS) is 18.1. The summed E-state index contributed by atoms with van der Waals surface area (Å²) in [6, 6.07) is 21.7.